The van der Waals surface area contributed by atoms with Crippen molar-refractivity contribution in [1.29, 1.82) is 0 Å². The number of ether oxygens (including phenoxy) is 4. The zero-order valence-electron chi connectivity index (χ0n) is 25.4. The molecule has 16 heteroatoms. The van der Waals surface area contributed by atoms with Crippen molar-refractivity contribution in [3.05, 3.63) is 102 Å². The van der Waals surface area contributed by atoms with E-state index in [1.165, 1.54) is 19.4 Å². The number of rotatable bonds is 14. The van der Waals surface area contributed by atoms with Crippen molar-refractivity contribution >= 4 is 51.4 Å². The molecule has 0 aromatic heterocycles. The molecule has 0 saturated heterocycles. The van der Waals surface area contributed by atoms with Crippen molar-refractivity contribution < 1.29 is 38.6 Å². The minimum absolute atomic E-state index is 0.0217. The first-order chi connectivity index (χ1) is 22.5. The number of nitro benzene ring substituents is 1. The average molecular weight is 733 g/mol. The zero-order valence-corrected chi connectivity index (χ0v) is 27.8. The van der Waals surface area contributed by atoms with Crippen LogP contribution in [0.3, 0.4) is 0 Å². The molecule has 4 rings (SSSR count). The summed E-state index contributed by atoms with van der Waals surface area (Å²) in [7, 11) is 1.25. The van der Waals surface area contributed by atoms with Gasteiger partial charge in [0.15, 0.2) is 17.7 Å². The fourth-order valence-corrected chi connectivity index (χ4v) is 5.31. The molecular formula is C31H31BrClN5O9. The number of aliphatic hydroxyl groups is 1. The van der Waals surface area contributed by atoms with Gasteiger partial charge in [0.2, 0.25) is 5.75 Å². The number of hydrogen-bond donors (Lipinski definition) is 4. The van der Waals surface area contributed by atoms with Crippen molar-refractivity contribution in [2.24, 2.45) is 5.10 Å². The summed E-state index contributed by atoms with van der Waals surface area (Å²) in [4.78, 5) is 35.8. The number of nitrogens with one attached hydrogen (secondary N) is 3. The van der Waals surface area contributed by atoms with Crippen molar-refractivity contribution in [2.75, 3.05) is 20.3 Å². The van der Waals surface area contributed by atoms with Crippen molar-refractivity contribution in [3.63, 3.8) is 0 Å². The predicted octanol–water partition coefficient (Wildman–Crippen LogP) is 5.11. The molecule has 0 fully saturated rings. The second-order valence-electron chi connectivity index (χ2n) is 9.90. The van der Waals surface area contributed by atoms with Crippen LogP contribution in [0.15, 0.2) is 75.4 Å². The minimum atomic E-state index is -1.28. The average Bonchev–Trinajstić information content (AvgIpc) is 3.03. The summed E-state index contributed by atoms with van der Waals surface area (Å²) in [5, 5.41) is 32.0. The van der Waals surface area contributed by atoms with E-state index < -0.39 is 29.2 Å². The van der Waals surface area contributed by atoms with E-state index in [0.29, 0.717) is 37.6 Å². The van der Waals surface area contributed by atoms with Gasteiger partial charge in [0.05, 0.1) is 40.9 Å². The van der Waals surface area contributed by atoms with Gasteiger partial charge in [-0.3, -0.25) is 15.5 Å². The molecule has 0 aliphatic carbocycles. The third-order valence-electron chi connectivity index (χ3n) is 6.68. The Morgan fingerprint density at radius 1 is 1.19 bits per heavy atom. The number of hydrogen-bond acceptors (Lipinski definition) is 11. The summed E-state index contributed by atoms with van der Waals surface area (Å²) in [5.41, 5.74) is 4.36. The number of allylic oxidation sites excluding steroid dienone is 1. The summed E-state index contributed by atoms with van der Waals surface area (Å²) in [6, 6.07) is 13.4. The lowest BCUT2D eigenvalue weighted by molar-refractivity contribution is -0.386. The van der Waals surface area contributed by atoms with Crippen LogP contribution in [-0.2, 0) is 16.1 Å². The van der Waals surface area contributed by atoms with Gasteiger partial charge in [-0.25, -0.2) is 9.59 Å². The van der Waals surface area contributed by atoms with E-state index in [-0.39, 0.29) is 42.6 Å². The lowest BCUT2D eigenvalue weighted by atomic mass is 9.95. The van der Waals surface area contributed by atoms with Crippen molar-refractivity contribution in [2.45, 2.75) is 32.7 Å². The van der Waals surface area contributed by atoms with E-state index in [2.05, 4.69) is 37.1 Å². The van der Waals surface area contributed by atoms with Crippen LogP contribution < -0.4 is 30.3 Å². The second-order valence-corrected chi connectivity index (χ2v) is 11.2. The molecular weight excluding hydrogens is 702 g/mol. The molecule has 3 aromatic rings. The van der Waals surface area contributed by atoms with Gasteiger partial charge in [-0.05, 0) is 59.6 Å². The Morgan fingerprint density at radius 3 is 2.66 bits per heavy atom. The highest BCUT2D eigenvalue weighted by Crippen LogP contribution is 2.37. The first kappa shape index (κ1) is 35.0. The summed E-state index contributed by atoms with van der Waals surface area (Å²) in [6.07, 6.45) is 0.0123. The highest BCUT2D eigenvalue weighted by Gasteiger charge is 2.32. The summed E-state index contributed by atoms with van der Waals surface area (Å²) >= 11 is 9.49. The van der Waals surface area contributed by atoms with E-state index >= 15 is 0 Å². The Morgan fingerprint density at radius 2 is 1.96 bits per heavy atom. The summed E-state index contributed by atoms with van der Waals surface area (Å²) in [5.74, 6) is 0.0183. The molecule has 4 N–H and O–H groups in total. The Hall–Kier alpha value is -4.86. The number of carbonyl (C=O) groups excluding carboxylic acids is 2. The highest BCUT2D eigenvalue weighted by atomic mass is 79.9. The maximum Gasteiger partial charge on any atom is 0.337 e. The van der Waals surface area contributed by atoms with E-state index in [1.807, 2.05) is 0 Å². The fraction of sp³-hybridized carbons (Fsp3) is 0.258. The third kappa shape index (κ3) is 8.90. The van der Waals surface area contributed by atoms with Gasteiger partial charge in [-0.1, -0.05) is 35.9 Å². The molecule has 0 unspecified atom stereocenters. The van der Waals surface area contributed by atoms with Gasteiger partial charge in [0.25, 0.3) is 0 Å². The number of halogens is 2. The fourth-order valence-electron chi connectivity index (χ4n) is 4.54. The molecule has 2 atom stereocenters. The van der Waals surface area contributed by atoms with E-state index in [9.17, 15) is 24.8 Å². The number of nitrogens with zero attached hydrogens (tertiary/aromatic N) is 2. The SMILES string of the molecule is CCOc1cc([C@@H]2NC(=O)NC(C)=C2C(=O)OC)ccc1OC[C@@H](O)N/N=C/c1cc(Br)c(OCc2ccccc2Cl)c([N+](=O)[O-])c1. The predicted molar refractivity (Wildman–Crippen MR) is 176 cm³/mol. The highest BCUT2D eigenvalue weighted by molar-refractivity contribution is 9.10. The molecule has 14 nitrogen and oxygen atoms in total. The summed E-state index contributed by atoms with van der Waals surface area (Å²) < 4.78 is 22.4. The van der Waals surface area contributed by atoms with E-state index in [1.54, 1.807) is 62.4 Å². The molecule has 1 heterocycles. The Kier molecular flexibility index (Phi) is 12.0. The van der Waals surface area contributed by atoms with Crippen LogP contribution in [0.5, 0.6) is 17.2 Å². The van der Waals surface area contributed by atoms with Crippen LogP contribution in [-0.4, -0.2) is 54.8 Å². The van der Waals surface area contributed by atoms with Gasteiger partial charge in [-0.2, -0.15) is 5.10 Å². The van der Waals surface area contributed by atoms with Crippen molar-refractivity contribution in [1.82, 2.24) is 16.1 Å². The first-order valence-electron chi connectivity index (χ1n) is 14.1. The standard InChI is InChI=1S/C31H31BrClN5O9/c1-4-45-25-13-19(28-27(30(40)44-3)17(2)35-31(41)36-28)9-10-24(25)46-16-26(39)37-34-14-18-11-21(32)29(23(12-18)38(42)43)47-15-20-7-5-6-8-22(20)33/h5-14,26,28,37,39H,4,15-16H2,1-3H3,(H2,35,36,41)/b34-14+/t26-,28+/m1/s1. The minimum Gasteiger partial charge on any atom is -0.490 e. The molecule has 0 bridgehead atoms. The van der Waals surface area contributed by atoms with Crippen LogP contribution in [0.2, 0.25) is 5.02 Å². The largest absolute Gasteiger partial charge is 0.490 e. The van der Waals surface area contributed by atoms with Gasteiger partial charge in [-0.15, -0.1) is 0 Å². The molecule has 0 radical (unpaired) electrons. The maximum absolute atomic E-state index is 12.4. The van der Waals surface area contributed by atoms with Crippen LogP contribution >= 0.6 is 27.5 Å². The number of carbonyl (C=O) groups is 2. The number of aliphatic hydroxyl groups excluding tert-OH is 1. The smallest absolute Gasteiger partial charge is 0.337 e. The molecule has 248 valence electrons. The van der Waals surface area contributed by atoms with Gasteiger partial charge in [0, 0.05) is 27.9 Å². The number of urea groups is 1. The molecule has 2 amide bonds. The van der Waals surface area contributed by atoms with E-state index in [4.69, 9.17) is 30.5 Å². The lowest BCUT2D eigenvalue weighted by Crippen LogP contribution is -2.45. The number of amides is 2. The van der Waals surface area contributed by atoms with Crippen LogP contribution in [0.25, 0.3) is 0 Å². The summed E-state index contributed by atoms with van der Waals surface area (Å²) in [6.45, 7) is 3.43. The molecule has 3 aromatic carbocycles. The number of benzene rings is 3. The third-order valence-corrected chi connectivity index (χ3v) is 7.64. The molecule has 1 aliphatic rings. The van der Waals surface area contributed by atoms with Crippen LogP contribution in [0.4, 0.5) is 10.5 Å². The Labute approximate surface area is 283 Å². The molecule has 0 spiro atoms. The first-order valence-corrected chi connectivity index (χ1v) is 15.3. The Balaban J connectivity index is 1.41. The quantitative estimate of drug-likeness (QED) is 0.0572. The zero-order chi connectivity index (χ0) is 34.1. The normalized spacial score (nSPS) is 15.0. The van der Waals surface area contributed by atoms with Gasteiger partial charge < -0.3 is 34.7 Å². The monoisotopic (exact) mass is 731 g/mol. The second kappa shape index (κ2) is 16.1. The maximum atomic E-state index is 12.4. The van der Waals surface area contributed by atoms with Crippen LogP contribution in [0.1, 0.15) is 36.6 Å². The lowest BCUT2D eigenvalue weighted by Gasteiger charge is -2.28. The Bertz CT molecular complexity index is 1720. The molecule has 0 saturated carbocycles. The van der Waals surface area contributed by atoms with Crippen molar-refractivity contribution in [3.8, 4) is 17.2 Å². The number of methoxy groups -OCH3 is 1. The number of esters is 1. The van der Waals surface area contributed by atoms with Gasteiger partial charge >= 0.3 is 17.7 Å². The molecule has 1 aliphatic heterocycles. The van der Waals surface area contributed by atoms with E-state index in [0.717, 1.165) is 0 Å². The molecule has 47 heavy (non-hydrogen) atoms. The van der Waals surface area contributed by atoms with Crippen LogP contribution in [0, 0.1) is 10.1 Å². The topological polar surface area (TPSA) is 183 Å². The number of hydrazone groups is 1. The number of nitro groups is 1. The van der Waals surface area contributed by atoms with Gasteiger partial charge in [0.1, 0.15) is 13.2 Å².